The highest BCUT2D eigenvalue weighted by atomic mass is 79.9. The lowest BCUT2D eigenvalue weighted by Gasteiger charge is -2.20. The Morgan fingerprint density at radius 3 is 2.53 bits per heavy atom. The number of hydrogen-bond acceptors (Lipinski definition) is 4. The summed E-state index contributed by atoms with van der Waals surface area (Å²) in [7, 11) is 3.31. The number of rotatable bonds is 4. The van der Waals surface area contributed by atoms with Crippen molar-refractivity contribution < 1.29 is 14.6 Å². The first kappa shape index (κ1) is 14.6. The van der Waals surface area contributed by atoms with Crippen molar-refractivity contribution in [2.24, 2.45) is 0 Å². The fourth-order valence-electron chi connectivity index (χ4n) is 2.46. The van der Waals surface area contributed by atoms with Crippen LogP contribution in [0, 0.1) is 0 Å². The van der Waals surface area contributed by atoms with Gasteiger partial charge in [-0.3, -0.25) is 4.90 Å². The van der Waals surface area contributed by atoms with Crippen LogP contribution in [0.1, 0.15) is 18.9 Å². The fourth-order valence-corrected chi connectivity index (χ4v) is 2.95. The van der Waals surface area contributed by atoms with E-state index in [2.05, 4.69) is 20.8 Å². The van der Waals surface area contributed by atoms with Gasteiger partial charge in [0.2, 0.25) is 0 Å². The van der Waals surface area contributed by atoms with Gasteiger partial charge in [-0.05, 0) is 41.4 Å². The van der Waals surface area contributed by atoms with Crippen LogP contribution in [0.4, 0.5) is 0 Å². The minimum atomic E-state index is -0.577. The molecule has 1 aliphatic heterocycles. The molecule has 1 aliphatic rings. The normalized spacial score (nSPS) is 23.6. The molecular formula is C14H20BrNO3. The summed E-state index contributed by atoms with van der Waals surface area (Å²) in [5.41, 5.74) is 0.493. The van der Waals surface area contributed by atoms with Crippen LogP contribution in [-0.4, -0.2) is 42.9 Å². The molecule has 0 radical (unpaired) electrons. The second kappa shape index (κ2) is 5.69. The average Bonchev–Trinajstić information content (AvgIpc) is 2.70. The molecule has 106 valence electrons. The van der Waals surface area contributed by atoms with E-state index in [9.17, 15) is 5.11 Å². The maximum Gasteiger partial charge on any atom is 0.133 e. The van der Waals surface area contributed by atoms with Gasteiger partial charge in [0.25, 0.3) is 0 Å². The first-order valence-corrected chi connectivity index (χ1v) is 7.09. The third kappa shape index (κ3) is 3.41. The summed E-state index contributed by atoms with van der Waals surface area (Å²) < 4.78 is 11.6. The highest BCUT2D eigenvalue weighted by Crippen LogP contribution is 2.34. The smallest absolute Gasteiger partial charge is 0.133 e. The molecule has 0 saturated carbocycles. The highest BCUT2D eigenvalue weighted by Gasteiger charge is 2.31. The minimum Gasteiger partial charge on any atom is -0.496 e. The van der Waals surface area contributed by atoms with E-state index < -0.39 is 5.60 Å². The number of methoxy groups -OCH3 is 2. The van der Waals surface area contributed by atoms with Crippen LogP contribution in [0.2, 0.25) is 0 Å². The molecule has 0 bridgehead atoms. The van der Waals surface area contributed by atoms with Crippen LogP contribution in [-0.2, 0) is 6.54 Å². The topological polar surface area (TPSA) is 41.9 Å². The number of halogens is 1. The zero-order chi connectivity index (χ0) is 14.0. The van der Waals surface area contributed by atoms with E-state index in [-0.39, 0.29) is 0 Å². The summed E-state index contributed by atoms with van der Waals surface area (Å²) in [4.78, 5) is 2.23. The van der Waals surface area contributed by atoms with E-state index >= 15 is 0 Å². The molecule has 1 heterocycles. The van der Waals surface area contributed by atoms with Crippen LogP contribution in [0.15, 0.2) is 16.6 Å². The van der Waals surface area contributed by atoms with Crippen molar-refractivity contribution in [2.75, 3.05) is 27.3 Å². The van der Waals surface area contributed by atoms with E-state index in [4.69, 9.17) is 9.47 Å². The van der Waals surface area contributed by atoms with Gasteiger partial charge in [0.05, 0.1) is 24.3 Å². The number of hydrogen-bond donors (Lipinski definition) is 1. The predicted octanol–water partition coefficient (Wildman–Crippen LogP) is 2.42. The van der Waals surface area contributed by atoms with Gasteiger partial charge in [0, 0.05) is 25.2 Å². The number of β-amino-alcohol motifs (C(OH)–C–C–N with tert-alkyl or cyclic N) is 1. The molecule has 0 amide bonds. The van der Waals surface area contributed by atoms with Gasteiger partial charge in [-0.15, -0.1) is 0 Å². The Morgan fingerprint density at radius 1 is 1.32 bits per heavy atom. The fraction of sp³-hybridized carbons (Fsp3) is 0.571. The van der Waals surface area contributed by atoms with Crippen molar-refractivity contribution in [3.8, 4) is 11.5 Å². The largest absolute Gasteiger partial charge is 0.496 e. The molecule has 0 spiro atoms. The molecule has 19 heavy (non-hydrogen) atoms. The van der Waals surface area contributed by atoms with Gasteiger partial charge < -0.3 is 14.6 Å². The van der Waals surface area contributed by atoms with Gasteiger partial charge >= 0.3 is 0 Å². The summed E-state index contributed by atoms with van der Waals surface area (Å²) in [6.07, 6.45) is 0.809. The average molecular weight is 330 g/mol. The first-order valence-electron chi connectivity index (χ1n) is 6.30. The van der Waals surface area contributed by atoms with E-state index in [1.54, 1.807) is 14.2 Å². The molecular weight excluding hydrogens is 310 g/mol. The number of nitrogens with zero attached hydrogens (tertiary/aromatic N) is 1. The van der Waals surface area contributed by atoms with Gasteiger partial charge in [-0.25, -0.2) is 0 Å². The van der Waals surface area contributed by atoms with Gasteiger partial charge in [-0.1, -0.05) is 0 Å². The minimum absolute atomic E-state index is 0.577. The Hall–Kier alpha value is -0.780. The van der Waals surface area contributed by atoms with E-state index in [0.717, 1.165) is 41.0 Å². The predicted molar refractivity (Wildman–Crippen MR) is 77.8 cm³/mol. The van der Waals surface area contributed by atoms with Crippen LogP contribution in [0.3, 0.4) is 0 Å². The van der Waals surface area contributed by atoms with Crippen molar-refractivity contribution >= 4 is 15.9 Å². The van der Waals surface area contributed by atoms with E-state index in [1.807, 2.05) is 19.1 Å². The molecule has 1 saturated heterocycles. The molecule has 1 atom stereocenters. The van der Waals surface area contributed by atoms with Crippen molar-refractivity contribution in [1.82, 2.24) is 4.90 Å². The maximum absolute atomic E-state index is 10.0. The zero-order valence-electron chi connectivity index (χ0n) is 11.6. The van der Waals surface area contributed by atoms with Crippen LogP contribution < -0.4 is 9.47 Å². The third-order valence-electron chi connectivity index (χ3n) is 3.48. The summed E-state index contributed by atoms with van der Waals surface area (Å²) in [5, 5.41) is 10.0. The quantitative estimate of drug-likeness (QED) is 0.921. The molecule has 0 aliphatic carbocycles. The van der Waals surface area contributed by atoms with Crippen molar-refractivity contribution in [1.29, 1.82) is 0 Å². The maximum atomic E-state index is 10.0. The number of ether oxygens (including phenoxy) is 2. The SMILES string of the molecule is COc1cc(CN2CCC(C)(O)C2)c(OC)cc1Br. The molecule has 1 unspecified atom stereocenters. The molecule has 0 aromatic heterocycles. The lowest BCUT2D eigenvalue weighted by atomic mass is 10.1. The Morgan fingerprint density at radius 2 is 2.00 bits per heavy atom. The van der Waals surface area contributed by atoms with Crippen molar-refractivity contribution in [3.63, 3.8) is 0 Å². The Balaban J connectivity index is 2.19. The number of likely N-dealkylation sites (tertiary alicyclic amines) is 1. The van der Waals surface area contributed by atoms with Gasteiger partial charge in [0.15, 0.2) is 0 Å². The molecule has 1 aromatic rings. The second-order valence-electron chi connectivity index (χ2n) is 5.26. The van der Waals surface area contributed by atoms with Crippen LogP contribution in [0.5, 0.6) is 11.5 Å². The Kier molecular flexibility index (Phi) is 4.38. The second-order valence-corrected chi connectivity index (χ2v) is 6.11. The molecule has 5 heteroatoms. The Labute approximate surface area is 122 Å². The third-order valence-corrected chi connectivity index (χ3v) is 4.10. The summed E-state index contributed by atoms with van der Waals surface area (Å²) in [6.45, 7) is 4.22. The summed E-state index contributed by atoms with van der Waals surface area (Å²) >= 11 is 3.45. The zero-order valence-corrected chi connectivity index (χ0v) is 13.2. The molecule has 4 nitrogen and oxygen atoms in total. The molecule has 2 rings (SSSR count). The summed E-state index contributed by atoms with van der Waals surface area (Å²) in [5.74, 6) is 1.63. The highest BCUT2D eigenvalue weighted by molar-refractivity contribution is 9.10. The van der Waals surface area contributed by atoms with Crippen molar-refractivity contribution in [2.45, 2.75) is 25.5 Å². The lowest BCUT2D eigenvalue weighted by molar-refractivity contribution is 0.0678. The molecule has 1 aromatic carbocycles. The van der Waals surface area contributed by atoms with E-state index in [1.165, 1.54) is 0 Å². The first-order chi connectivity index (χ1) is 8.95. The number of benzene rings is 1. The number of aliphatic hydroxyl groups is 1. The van der Waals surface area contributed by atoms with Gasteiger partial charge in [-0.2, -0.15) is 0 Å². The Bertz CT molecular complexity index is 462. The molecule has 1 fully saturated rings. The monoisotopic (exact) mass is 329 g/mol. The van der Waals surface area contributed by atoms with Crippen LogP contribution in [0.25, 0.3) is 0 Å². The van der Waals surface area contributed by atoms with Crippen molar-refractivity contribution in [3.05, 3.63) is 22.2 Å². The lowest BCUT2D eigenvalue weighted by Crippen LogP contribution is -2.29. The summed E-state index contributed by atoms with van der Waals surface area (Å²) in [6, 6.07) is 3.90. The van der Waals surface area contributed by atoms with E-state index in [0.29, 0.717) is 6.54 Å². The molecule has 1 N–H and O–H groups in total. The van der Waals surface area contributed by atoms with Gasteiger partial charge in [0.1, 0.15) is 11.5 Å². The van der Waals surface area contributed by atoms with Crippen LogP contribution >= 0.6 is 15.9 Å². The standard InChI is InChI=1S/C14H20BrNO3/c1-14(17)4-5-16(9-14)8-10-6-13(19-3)11(15)7-12(10)18-2/h6-7,17H,4-5,8-9H2,1-3H3.